The number of nitrogens with one attached hydrogen (secondary N) is 2. The van der Waals surface area contributed by atoms with E-state index in [1.165, 1.54) is 13.3 Å². The molecule has 3 rings (SSSR count). The Balaban J connectivity index is 1.68. The molecule has 0 atom stereocenters. The molecule has 1 aromatic heterocycles. The lowest BCUT2D eigenvalue weighted by Gasteiger charge is -2.07. The SMILES string of the molecule is CC(=O)NCc1ccc(C(=O)Nc2cccc(-c3nnco3)c2)cc1. The molecule has 2 N–H and O–H groups in total. The lowest BCUT2D eigenvalue weighted by Crippen LogP contribution is -2.19. The van der Waals surface area contributed by atoms with Crippen LogP contribution in [0.3, 0.4) is 0 Å². The number of nitrogens with zero attached hydrogens (tertiary/aromatic N) is 2. The zero-order chi connectivity index (χ0) is 17.6. The molecular formula is C18H16N4O3. The van der Waals surface area contributed by atoms with Crippen LogP contribution in [0.15, 0.2) is 59.3 Å². The Kier molecular flexibility index (Phi) is 4.84. The van der Waals surface area contributed by atoms with Gasteiger partial charge in [0.1, 0.15) is 0 Å². The van der Waals surface area contributed by atoms with Crippen LogP contribution in [0, 0.1) is 0 Å². The second-order valence-electron chi connectivity index (χ2n) is 5.39. The highest BCUT2D eigenvalue weighted by Gasteiger charge is 2.09. The van der Waals surface area contributed by atoms with Crippen molar-refractivity contribution in [1.29, 1.82) is 0 Å². The van der Waals surface area contributed by atoms with Crippen molar-refractivity contribution >= 4 is 17.5 Å². The van der Waals surface area contributed by atoms with Gasteiger partial charge in [-0.15, -0.1) is 10.2 Å². The summed E-state index contributed by atoms with van der Waals surface area (Å²) in [6.07, 6.45) is 1.25. The molecule has 0 unspecified atom stereocenters. The summed E-state index contributed by atoms with van der Waals surface area (Å²) in [5, 5.41) is 13.0. The zero-order valence-corrected chi connectivity index (χ0v) is 13.5. The minimum Gasteiger partial charge on any atom is -0.423 e. The Morgan fingerprint density at radius 3 is 2.60 bits per heavy atom. The number of carbonyl (C=O) groups is 2. The molecule has 2 amide bonds. The van der Waals surface area contributed by atoms with E-state index in [9.17, 15) is 9.59 Å². The fraction of sp³-hybridized carbons (Fsp3) is 0.111. The van der Waals surface area contributed by atoms with Gasteiger partial charge in [0, 0.05) is 30.3 Å². The first-order valence-corrected chi connectivity index (χ1v) is 7.63. The average molecular weight is 336 g/mol. The normalized spacial score (nSPS) is 10.3. The molecule has 0 fully saturated rings. The van der Waals surface area contributed by atoms with E-state index in [-0.39, 0.29) is 11.8 Å². The Bertz CT molecular complexity index is 874. The Hall–Kier alpha value is -3.48. The van der Waals surface area contributed by atoms with Gasteiger partial charge < -0.3 is 15.1 Å². The second kappa shape index (κ2) is 7.39. The highest BCUT2D eigenvalue weighted by atomic mass is 16.4. The van der Waals surface area contributed by atoms with Gasteiger partial charge in [0.25, 0.3) is 5.91 Å². The third-order valence-corrected chi connectivity index (χ3v) is 3.49. The molecule has 0 saturated heterocycles. The molecule has 126 valence electrons. The van der Waals surface area contributed by atoms with E-state index >= 15 is 0 Å². The van der Waals surface area contributed by atoms with Gasteiger partial charge in [0.05, 0.1) is 0 Å². The molecule has 7 nitrogen and oxygen atoms in total. The number of rotatable bonds is 5. The molecule has 0 aliphatic heterocycles. The Morgan fingerprint density at radius 2 is 1.92 bits per heavy atom. The number of hydrogen-bond donors (Lipinski definition) is 2. The second-order valence-corrected chi connectivity index (χ2v) is 5.39. The summed E-state index contributed by atoms with van der Waals surface area (Å²) in [6, 6.07) is 14.2. The summed E-state index contributed by atoms with van der Waals surface area (Å²) in [6.45, 7) is 1.90. The first-order chi connectivity index (χ1) is 12.1. The third-order valence-electron chi connectivity index (χ3n) is 3.49. The Labute approximate surface area is 144 Å². The minimum atomic E-state index is -0.228. The molecule has 0 bridgehead atoms. The van der Waals surface area contributed by atoms with Gasteiger partial charge in [-0.1, -0.05) is 18.2 Å². The van der Waals surface area contributed by atoms with Gasteiger partial charge in [-0.3, -0.25) is 9.59 Å². The van der Waals surface area contributed by atoms with Crippen LogP contribution in [0.2, 0.25) is 0 Å². The van der Waals surface area contributed by atoms with Crippen molar-refractivity contribution in [1.82, 2.24) is 15.5 Å². The fourth-order valence-corrected chi connectivity index (χ4v) is 2.23. The van der Waals surface area contributed by atoms with Crippen LogP contribution < -0.4 is 10.6 Å². The molecule has 2 aromatic carbocycles. The maximum Gasteiger partial charge on any atom is 0.255 e. The van der Waals surface area contributed by atoms with Crippen molar-refractivity contribution < 1.29 is 14.0 Å². The molecular weight excluding hydrogens is 320 g/mol. The lowest BCUT2D eigenvalue weighted by molar-refractivity contribution is -0.119. The van der Waals surface area contributed by atoms with Crippen molar-refractivity contribution in [2.45, 2.75) is 13.5 Å². The van der Waals surface area contributed by atoms with Crippen molar-refractivity contribution in [3.8, 4) is 11.5 Å². The standard InChI is InChI=1S/C18H16N4O3/c1-12(23)19-10-13-5-7-14(8-6-13)17(24)21-16-4-2-3-15(9-16)18-22-20-11-25-18/h2-9,11H,10H2,1H3,(H,19,23)(H,21,24). The molecule has 0 spiro atoms. The van der Waals surface area contributed by atoms with E-state index in [1.807, 2.05) is 6.07 Å². The molecule has 25 heavy (non-hydrogen) atoms. The van der Waals surface area contributed by atoms with E-state index in [1.54, 1.807) is 42.5 Å². The van der Waals surface area contributed by atoms with Crippen LogP contribution in [0.5, 0.6) is 0 Å². The lowest BCUT2D eigenvalue weighted by atomic mass is 10.1. The van der Waals surface area contributed by atoms with E-state index in [2.05, 4.69) is 20.8 Å². The molecule has 0 radical (unpaired) electrons. The fourth-order valence-electron chi connectivity index (χ4n) is 2.23. The topological polar surface area (TPSA) is 97.1 Å². The number of amides is 2. The van der Waals surface area contributed by atoms with Gasteiger partial charge in [0.15, 0.2) is 0 Å². The van der Waals surface area contributed by atoms with Gasteiger partial charge >= 0.3 is 0 Å². The van der Waals surface area contributed by atoms with Crippen LogP contribution in [-0.4, -0.2) is 22.0 Å². The summed E-state index contributed by atoms with van der Waals surface area (Å²) in [5.74, 6) is 0.0649. The van der Waals surface area contributed by atoms with Crippen LogP contribution in [-0.2, 0) is 11.3 Å². The highest BCUT2D eigenvalue weighted by molar-refractivity contribution is 6.04. The largest absolute Gasteiger partial charge is 0.423 e. The number of aromatic nitrogens is 2. The number of anilines is 1. The van der Waals surface area contributed by atoms with E-state index in [0.717, 1.165) is 11.1 Å². The van der Waals surface area contributed by atoms with Crippen molar-refractivity contribution in [2.24, 2.45) is 0 Å². The van der Waals surface area contributed by atoms with Crippen LogP contribution >= 0.6 is 0 Å². The Morgan fingerprint density at radius 1 is 1.12 bits per heavy atom. The summed E-state index contributed by atoms with van der Waals surface area (Å²) < 4.78 is 5.15. The van der Waals surface area contributed by atoms with Gasteiger partial charge in [0.2, 0.25) is 18.2 Å². The summed E-state index contributed by atoms with van der Waals surface area (Å²) in [7, 11) is 0. The smallest absolute Gasteiger partial charge is 0.255 e. The van der Waals surface area contributed by atoms with Gasteiger partial charge in [-0.25, -0.2) is 0 Å². The summed E-state index contributed by atoms with van der Waals surface area (Å²) in [5.41, 5.74) is 2.80. The molecule has 0 aliphatic rings. The van der Waals surface area contributed by atoms with Crippen molar-refractivity contribution in [2.75, 3.05) is 5.32 Å². The number of carbonyl (C=O) groups excluding carboxylic acids is 2. The van der Waals surface area contributed by atoms with E-state index < -0.39 is 0 Å². The van der Waals surface area contributed by atoms with Crippen molar-refractivity contribution in [3.05, 3.63) is 66.1 Å². The monoisotopic (exact) mass is 336 g/mol. The maximum atomic E-state index is 12.4. The molecule has 1 heterocycles. The molecule has 0 saturated carbocycles. The predicted molar refractivity (Wildman–Crippen MR) is 91.6 cm³/mol. The number of benzene rings is 2. The maximum absolute atomic E-state index is 12.4. The van der Waals surface area contributed by atoms with Gasteiger partial charge in [-0.2, -0.15) is 0 Å². The van der Waals surface area contributed by atoms with E-state index in [0.29, 0.717) is 23.7 Å². The summed E-state index contributed by atoms with van der Waals surface area (Å²) >= 11 is 0. The average Bonchev–Trinajstić information content (AvgIpc) is 3.15. The molecule has 7 heteroatoms. The van der Waals surface area contributed by atoms with Crippen LogP contribution in [0.25, 0.3) is 11.5 Å². The highest BCUT2D eigenvalue weighted by Crippen LogP contribution is 2.20. The number of hydrogen-bond acceptors (Lipinski definition) is 5. The third kappa shape index (κ3) is 4.29. The van der Waals surface area contributed by atoms with Crippen LogP contribution in [0.4, 0.5) is 5.69 Å². The molecule has 0 aliphatic carbocycles. The van der Waals surface area contributed by atoms with E-state index in [4.69, 9.17) is 4.42 Å². The first kappa shape index (κ1) is 16.4. The van der Waals surface area contributed by atoms with Crippen LogP contribution in [0.1, 0.15) is 22.8 Å². The first-order valence-electron chi connectivity index (χ1n) is 7.63. The van der Waals surface area contributed by atoms with Gasteiger partial charge in [-0.05, 0) is 35.9 Å². The minimum absolute atomic E-state index is 0.0945. The summed E-state index contributed by atoms with van der Waals surface area (Å²) in [4.78, 5) is 23.3. The quantitative estimate of drug-likeness (QED) is 0.746. The molecule has 3 aromatic rings. The predicted octanol–water partition coefficient (Wildman–Crippen LogP) is 2.63. The van der Waals surface area contributed by atoms with Crippen molar-refractivity contribution in [3.63, 3.8) is 0 Å². The zero-order valence-electron chi connectivity index (χ0n) is 13.5.